The molecule has 1 amide bonds. The minimum Gasteiger partial charge on any atom is -0.363 e. The van der Waals surface area contributed by atoms with E-state index in [0.29, 0.717) is 12.1 Å². The Kier molecular flexibility index (Phi) is 4.37. The standard InChI is InChI=1S/C14H22N4O/c1-17(2)13-7-6-11(10-16-13)14(19)18-8-4-3-5-12(18)9-15/h6-7,10,12H,3-5,8-9,15H2,1-2H3. The zero-order valence-electron chi connectivity index (χ0n) is 11.7. The molecule has 1 unspecified atom stereocenters. The van der Waals surface area contributed by atoms with Crippen molar-refractivity contribution in [2.75, 3.05) is 32.1 Å². The summed E-state index contributed by atoms with van der Waals surface area (Å²) in [7, 11) is 3.86. The van der Waals surface area contributed by atoms with E-state index >= 15 is 0 Å². The molecule has 1 saturated heterocycles. The lowest BCUT2D eigenvalue weighted by molar-refractivity contribution is 0.0623. The lowest BCUT2D eigenvalue weighted by atomic mass is 10.0. The predicted molar refractivity (Wildman–Crippen MR) is 76.3 cm³/mol. The van der Waals surface area contributed by atoms with Crippen LogP contribution in [0.3, 0.4) is 0 Å². The molecule has 0 aromatic carbocycles. The molecule has 0 spiro atoms. The molecule has 1 aliphatic rings. The van der Waals surface area contributed by atoms with Crippen molar-refractivity contribution < 1.29 is 4.79 Å². The smallest absolute Gasteiger partial charge is 0.255 e. The van der Waals surface area contributed by atoms with E-state index in [-0.39, 0.29) is 11.9 Å². The summed E-state index contributed by atoms with van der Waals surface area (Å²) in [5.74, 6) is 0.901. The van der Waals surface area contributed by atoms with Gasteiger partial charge in [-0.05, 0) is 31.4 Å². The third kappa shape index (κ3) is 3.04. The van der Waals surface area contributed by atoms with Gasteiger partial charge < -0.3 is 15.5 Å². The molecule has 19 heavy (non-hydrogen) atoms. The van der Waals surface area contributed by atoms with Crippen molar-refractivity contribution in [2.45, 2.75) is 25.3 Å². The second-order valence-corrected chi connectivity index (χ2v) is 5.18. The highest BCUT2D eigenvalue weighted by Gasteiger charge is 2.26. The van der Waals surface area contributed by atoms with Crippen LogP contribution in [-0.4, -0.2) is 49.0 Å². The zero-order valence-corrected chi connectivity index (χ0v) is 11.7. The fourth-order valence-corrected chi connectivity index (χ4v) is 2.46. The third-order valence-electron chi connectivity index (χ3n) is 3.61. The number of anilines is 1. The molecule has 5 nitrogen and oxygen atoms in total. The molecule has 0 saturated carbocycles. The molecule has 0 radical (unpaired) electrons. The molecule has 0 bridgehead atoms. The van der Waals surface area contributed by atoms with Crippen LogP contribution in [0.15, 0.2) is 18.3 Å². The molecule has 1 atom stereocenters. The number of nitrogens with two attached hydrogens (primary N) is 1. The fraction of sp³-hybridized carbons (Fsp3) is 0.571. The van der Waals surface area contributed by atoms with Crippen LogP contribution in [0.5, 0.6) is 0 Å². The maximum atomic E-state index is 12.5. The summed E-state index contributed by atoms with van der Waals surface area (Å²) in [6.07, 6.45) is 4.88. The van der Waals surface area contributed by atoms with Gasteiger partial charge in [-0.25, -0.2) is 4.98 Å². The highest BCUT2D eigenvalue weighted by molar-refractivity contribution is 5.94. The first-order chi connectivity index (χ1) is 9.13. The summed E-state index contributed by atoms with van der Waals surface area (Å²) in [6.45, 7) is 1.34. The molecular formula is C14H22N4O. The van der Waals surface area contributed by atoms with Gasteiger partial charge in [0.25, 0.3) is 5.91 Å². The van der Waals surface area contributed by atoms with Crippen LogP contribution in [0.1, 0.15) is 29.6 Å². The van der Waals surface area contributed by atoms with Crippen LogP contribution in [0.25, 0.3) is 0 Å². The SMILES string of the molecule is CN(C)c1ccc(C(=O)N2CCCCC2CN)cn1. The summed E-state index contributed by atoms with van der Waals surface area (Å²) in [4.78, 5) is 20.6. The molecule has 1 fully saturated rings. The Morgan fingerprint density at radius 1 is 1.47 bits per heavy atom. The summed E-state index contributed by atoms with van der Waals surface area (Å²) in [5.41, 5.74) is 6.40. The minimum absolute atomic E-state index is 0.0490. The van der Waals surface area contributed by atoms with Gasteiger partial charge in [-0.1, -0.05) is 0 Å². The van der Waals surface area contributed by atoms with E-state index in [0.717, 1.165) is 31.6 Å². The number of aromatic nitrogens is 1. The van der Waals surface area contributed by atoms with Gasteiger partial charge in [-0.15, -0.1) is 0 Å². The molecular weight excluding hydrogens is 240 g/mol. The first kappa shape index (κ1) is 13.8. The minimum atomic E-state index is 0.0490. The Balaban J connectivity index is 2.13. The summed E-state index contributed by atoms with van der Waals surface area (Å²) < 4.78 is 0. The topological polar surface area (TPSA) is 62.5 Å². The Labute approximate surface area is 114 Å². The quantitative estimate of drug-likeness (QED) is 0.886. The van der Waals surface area contributed by atoms with E-state index in [2.05, 4.69) is 4.98 Å². The molecule has 1 aromatic heterocycles. The maximum Gasteiger partial charge on any atom is 0.255 e. The van der Waals surface area contributed by atoms with E-state index < -0.39 is 0 Å². The van der Waals surface area contributed by atoms with E-state index in [4.69, 9.17) is 5.73 Å². The molecule has 2 N–H and O–H groups in total. The number of likely N-dealkylation sites (tertiary alicyclic amines) is 1. The molecule has 5 heteroatoms. The van der Waals surface area contributed by atoms with E-state index in [1.54, 1.807) is 6.20 Å². The Morgan fingerprint density at radius 2 is 2.26 bits per heavy atom. The summed E-state index contributed by atoms with van der Waals surface area (Å²) in [5, 5.41) is 0. The highest BCUT2D eigenvalue weighted by Crippen LogP contribution is 2.19. The van der Waals surface area contributed by atoms with Crippen molar-refractivity contribution in [3.8, 4) is 0 Å². The van der Waals surface area contributed by atoms with Crippen molar-refractivity contribution in [2.24, 2.45) is 5.73 Å². The zero-order chi connectivity index (χ0) is 13.8. The van der Waals surface area contributed by atoms with Gasteiger partial charge in [0, 0.05) is 39.4 Å². The third-order valence-corrected chi connectivity index (χ3v) is 3.61. The second-order valence-electron chi connectivity index (χ2n) is 5.18. The van der Waals surface area contributed by atoms with Gasteiger partial charge >= 0.3 is 0 Å². The maximum absolute atomic E-state index is 12.5. The Bertz CT molecular complexity index is 430. The first-order valence-electron chi connectivity index (χ1n) is 6.78. The van der Waals surface area contributed by atoms with Gasteiger partial charge in [0.15, 0.2) is 0 Å². The normalized spacial score (nSPS) is 19.3. The predicted octanol–water partition coefficient (Wildman–Crippen LogP) is 1.10. The van der Waals surface area contributed by atoms with Crippen LogP contribution in [-0.2, 0) is 0 Å². The molecule has 0 aliphatic carbocycles. The molecule has 2 rings (SSSR count). The van der Waals surface area contributed by atoms with Crippen molar-refractivity contribution in [1.29, 1.82) is 0 Å². The van der Waals surface area contributed by atoms with Crippen LogP contribution in [0, 0.1) is 0 Å². The number of carbonyl (C=O) groups excluding carboxylic acids is 1. The van der Waals surface area contributed by atoms with Gasteiger partial charge in [0.2, 0.25) is 0 Å². The number of carbonyl (C=O) groups is 1. The highest BCUT2D eigenvalue weighted by atomic mass is 16.2. The lowest BCUT2D eigenvalue weighted by Crippen LogP contribution is -2.47. The monoisotopic (exact) mass is 262 g/mol. The van der Waals surface area contributed by atoms with Gasteiger partial charge in [-0.2, -0.15) is 0 Å². The summed E-state index contributed by atoms with van der Waals surface area (Å²) >= 11 is 0. The van der Waals surface area contributed by atoms with Crippen LogP contribution in [0.4, 0.5) is 5.82 Å². The second kappa shape index (κ2) is 6.02. The number of hydrogen-bond donors (Lipinski definition) is 1. The van der Waals surface area contributed by atoms with Crippen molar-refractivity contribution in [3.63, 3.8) is 0 Å². The van der Waals surface area contributed by atoms with Gasteiger partial charge in [0.1, 0.15) is 5.82 Å². The molecule has 104 valence electrons. The van der Waals surface area contributed by atoms with Crippen molar-refractivity contribution >= 4 is 11.7 Å². The number of pyridine rings is 1. The fourth-order valence-electron chi connectivity index (χ4n) is 2.46. The number of nitrogens with zero attached hydrogens (tertiary/aromatic N) is 3. The van der Waals surface area contributed by atoms with Gasteiger partial charge in [0.05, 0.1) is 5.56 Å². The number of rotatable bonds is 3. The summed E-state index contributed by atoms with van der Waals surface area (Å²) in [6, 6.07) is 3.89. The molecule has 1 aromatic rings. The Hall–Kier alpha value is -1.62. The molecule has 2 heterocycles. The van der Waals surface area contributed by atoms with Gasteiger partial charge in [-0.3, -0.25) is 4.79 Å². The average molecular weight is 262 g/mol. The van der Waals surface area contributed by atoms with Crippen molar-refractivity contribution in [1.82, 2.24) is 9.88 Å². The largest absolute Gasteiger partial charge is 0.363 e. The van der Waals surface area contributed by atoms with E-state index in [1.807, 2.05) is 36.0 Å². The lowest BCUT2D eigenvalue weighted by Gasteiger charge is -2.35. The first-order valence-corrected chi connectivity index (χ1v) is 6.78. The van der Waals surface area contributed by atoms with Crippen LogP contribution in [0.2, 0.25) is 0 Å². The number of hydrogen-bond acceptors (Lipinski definition) is 4. The average Bonchev–Trinajstić information content (AvgIpc) is 2.46. The van der Waals surface area contributed by atoms with E-state index in [9.17, 15) is 4.79 Å². The van der Waals surface area contributed by atoms with Crippen LogP contribution < -0.4 is 10.6 Å². The van der Waals surface area contributed by atoms with Crippen LogP contribution >= 0.6 is 0 Å². The van der Waals surface area contributed by atoms with Crippen molar-refractivity contribution in [3.05, 3.63) is 23.9 Å². The number of amides is 1. The number of piperidine rings is 1. The molecule has 1 aliphatic heterocycles. The Morgan fingerprint density at radius 3 is 2.84 bits per heavy atom. The van der Waals surface area contributed by atoms with E-state index in [1.165, 1.54) is 0 Å².